The van der Waals surface area contributed by atoms with Gasteiger partial charge in [-0.1, -0.05) is 18.2 Å². The van der Waals surface area contributed by atoms with Crippen LogP contribution in [0.15, 0.2) is 35.4 Å². The minimum atomic E-state index is -0.387. The molecule has 0 aliphatic heterocycles. The van der Waals surface area contributed by atoms with E-state index in [0.29, 0.717) is 23.7 Å². The van der Waals surface area contributed by atoms with E-state index in [0.717, 1.165) is 16.7 Å². The Morgan fingerprint density at radius 1 is 1.15 bits per heavy atom. The van der Waals surface area contributed by atoms with Crippen molar-refractivity contribution in [2.24, 2.45) is 5.10 Å². The van der Waals surface area contributed by atoms with E-state index in [-0.39, 0.29) is 18.3 Å². The van der Waals surface area contributed by atoms with Gasteiger partial charge in [0.1, 0.15) is 5.75 Å². The molecule has 1 amide bonds. The van der Waals surface area contributed by atoms with Crippen molar-refractivity contribution in [2.45, 2.75) is 27.7 Å². The zero-order chi connectivity index (χ0) is 19.1. The average molecular weight is 356 g/mol. The van der Waals surface area contributed by atoms with Crippen molar-refractivity contribution in [3.05, 3.63) is 52.6 Å². The van der Waals surface area contributed by atoms with Crippen molar-refractivity contribution in [3.63, 3.8) is 0 Å². The first-order chi connectivity index (χ1) is 12.4. The second-order valence-corrected chi connectivity index (χ2v) is 5.86. The Kier molecular flexibility index (Phi) is 6.60. The van der Waals surface area contributed by atoms with E-state index in [2.05, 4.69) is 10.5 Å². The lowest BCUT2D eigenvalue weighted by Gasteiger charge is -2.13. The van der Waals surface area contributed by atoms with Crippen molar-refractivity contribution >= 4 is 12.1 Å². The van der Waals surface area contributed by atoms with Crippen molar-refractivity contribution in [3.8, 4) is 17.2 Å². The normalized spacial score (nSPS) is 10.8. The third-order valence-corrected chi connectivity index (χ3v) is 3.94. The standard InChI is InChI=1S/C20H24N2O4/c1-5-25-17-8-6-7-16(19(17)24)11-21-22-18(23)12-26-20-14(3)10-9-13(2)15(20)4/h6-11,24H,5,12H2,1-4H3,(H,22,23). The van der Waals surface area contributed by atoms with E-state index in [9.17, 15) is 9.90 Å². The van der Waals surface area contributed by atoms with Gasteiger partial charge in [-0.05, 0) is 56.5 Å². The molecule has 6 heteroatoms. The second kappa shape index (κ2) is 8.89. The van der Waals surface area contributed by atoms with Crippen molar-refractivity contribution in [2.75, 3.05) is 13.2 Å². The Bertz CT molecular complexity index is 816. The minimum absolute atomic E-state index is 0.0189. The first-order valence-corrected chi connectivity index (χ1v) is 8.40. The maximum atomic E-state index is 11.9. The van der Waals surface area contributed by atoms with Gasteiger partial charge in [0.2, 0.25) is 0 Å². The number of ether oxygens (including phenoxy) is 2. The predicted molar refractivity (Wildman–Crippen MR) is 101 cm³/mol. The molecule has 0 atom stereocenters. The van der Waals surface area contributed by atoms with Crippen LogP contribution in [-0.2, 0) is 4.79 Å². The van der Waals surface area contributed by atoms with Gasteiger partial charge in [-0.25, -0.2) is 5.43 Å². The molecule has 0 radical (unpaired) electrons. The molecule has 0 unspecified atom stereocenters. The van der Waals surface area contributed by atoms with E-state index in [1.807, 2.05) is 39.8 Å². The molecule has 0 saturated carbocycles. The number of carbonyl (C=O) groups excluding carboxylic acids is 1. The Hall–Kier alpha value is -3.02. The average Bonchev–Trinajstić information content (AvgIpc) is 2.61. The number of phenols is 1. The summed E-state index contributed by atoms with van der Waals surface area (Å²) in [6.07, 6.45) is 1.36. The van der Waals surface area contributed by atoms with Crippen LogP contribution in [0.4, 0.5) is 0 Å². The highest BCUT2D eigenvalue weighted by Crippen LogP contribution is 2.28. The monoisotopic (exact) mass is 356 g/mol. The van der Waals surface area contributed by atoms with Gasteiger partial charge >= 0.3 is 0 Å². The van der Waals surface area contributed by atoms with Gasteiger partial charge in [-0.3, -0.25) is 4.79 Å². The van der Waals surface area contributed by atoms with Crippen molar-refractivity contribution in [1.82, 2.24) is 5.43 Å². The fraction of sp³-hybridized carbons (Fsp3) is 0.300. The van der Waals surface area contributed by atoms with Crippen LogP contribution in [0, 0.1) is 20.8 Å². The number of amides is 1. The number of aromatic hydroxyl groups is 1. The minimum Gasteiger partial charge on any atom is -0.504 e. The third kappa shape index (κ3) is 4.75. The summed E-state index contributed by atoms with van der Waals surface area (Å²) in [5.74, 6) is 0.680. The van der Waals surface area contributed by atoms with Crippen molar-refractivity contribution in [1.29, 1.82) is 0 Å². The SMILES string of the molecule is CCOc1cccc(C=NNC(=O)COc2c(C)ccc(C)c2C)c1O. The number of hydrazone groups is 1. The quantitative estimate of drug-likeness (QED) is 0.589. The van der Waals surface area contributed by atoms with Gasteiger partial charge in [0.05, 0.1) is 12.8 Å². The van der Waals surface area contributed by atoms with Crippen LogP contribution in [0.25, 0.3) is 0 Å². The van der Waals surface area contributed by atoms with Crippen LogP contribution in [0.1, 0.15) is 29.2 Å². The molecule has 0 saturated heterocycles. The van der Waals surface area contributed by atoms with E-state index in [4.69, 9.17) is 9.47 Å². The smallest absolute Gasteiger partial charge is 0.277 e. The molecule has 0 aromatic heterocycles. The maximum Gasteiger partial charge on any atom is 0.277 e. The number of rotatable bonds is 7. The fourth-order valence-electron chi connectivity index (χ4n) is 2.41. The first kappa shape index (κ1) is 19.3. The molecule has 138 valence electrons. The maximum absolute atomic E-state index is 11.9. The number of nitrogens with zero attached hydrogens (tertiary/aromatic N) is 1. The molecule has 0 heterocycles. The summed E-state index contributed by atoms with van der Waals surface area (Å²) in [6.45, 7) is 8.02. The number of benzene rings is 2. The molecular weight excluding hydrogens is 332 g/mol. The molecule has 2 N–H and O–H groups in total. The highest BCUT2D eigenvalue weighted by molar-refractivity contribution is 5.86. The van der Waals surface area contributed by atoms with Crippen LogP contribution in [0.3, 0.4) is 0 Å². The first-order valence-electron chi connectivity index (χ1n) is 8.40. The highest BCUT2D eigenvalue weighted by atomic mass is 16.5. The number of para-hydroxylation sites is 1. The van der Waals surface area contributed by atoms with Gasteiger partial charge in [0.25, 0.3) is 5.91 Å². The van der Waals surface area contributed by atoms with Gasteiger partial charge in [0, 0.05) is 5.56 Å². The highest BCUT2D eigenvalue weighted by Gasteiger charge is 2.09. The lowest BCUT2D eigenvalue weighted by atomic mass is 10.1. The molecule has 2 aromatic rings. The van der Waals surface area contributed by atoms with Crippen LogP contribution >= 0.6 is 0 Å². The Balaban J connectivity index is 1.95. The molecule has 26 heavy (non-hydrogen) atoms. The van der Waals surface area contributed by atoms with E-state index in [1.54, 1.807) is 18.2 Å². The second-order valence-electron chi connectivity index (χ2n) is 5.86. The summed E-state index contributed by atoms with van der Waals surface area (Å²) in [5.41, 5.74) is 5.93. The summed E-state index contributed by atoms with van der Waals surface area (Å²) in [5, 5.41) is 13.9. The summed E-state index contributed by atoms with van der Waals surface area (Å²) in [7, 11) is 0. The number of nitrogens with one attached hydrogen (secondary N) is 1. The summed E-state index contributed by atoms with van der Waals surface area (Å²) in [4.78, 5) is 11.9. The molecular formula is C20H24N2O4. The van der Waals surface area contributed by atoms with Crippen LogP contribution in [0.5, 0.6) is 17.2 Å². The lowest BCUT2D eigenvalue weighted by Crippen LogP contribution is -2.25. The number of hydrogen-bond acceptors (Lipinski definition) is 5. The summed E-state index contributed by atoms with van der Waals surface area (Å²) in [6, 6.07) is 9.05. The van der Waals surface area contributed by atoms with Crippen LogP contribution in [0.2, 0.25) is 0 Å². The molecule has 2 rings (SSSR count). The molecule has 0 fully saturated rings. The Morgan fingerprint density at radius 3 is 2.62 bits per heavy atom. The summed E-state index contributed by atoms with van der Waals surface area (Å²) >= 11 is 0. The van der Waals surface area contributed by atoms with Gasteiger partial charge in [-0.15, -0.1) is 0 Å². The van der Waals surface area contributed by atoms with Gasteiger partial charge < -0.3 is 14.6 Å². The van der Waals surface area contributed by atoms with Gasteiger partial charge in [0.15, 0.2) is 18.1 Å². The van der Waals surface area contributed by atoms with Crippen molar-refractivity contribution < 1.29 is 19.4 Å². The predicted octanol–water partition coefficient (Wildman–Crippen LogP) is 3.25. The summed E-state index contributed by atoms with van der Waals surface area (Å²) < 4.78 is 10.9. The van der Waals surface area contributed by atoms with E-state index < -0.39 is 0 Å². The van der Waals surface area contributed by atoms with E-state index in [1.165, 1.54) is 6.21 Å². The largest absolute Gasteiger partial charge is 0.504 e. The molecule has 6 nitrogen and oxygen atoms in total. The molecule has 2 aromatic carbocycles. The van der Waals surface area contributed by atoms with E-state index >= 15 is 0 Å². The topological polar surface area (TPSA) is 80.2 Å². The molecule has 0 aliphatic rings. The van der Waals surface area contributed by atoms with Crippen LogP contribution < -0.4 is 14.9 Å². The molecule has 0 aliphatic carbocycles. The number of hydrogen-bond donors (Lipinski definition) is 2. The van der Waals surface area contributed by atoms with Gasteiger partial charge in [-0.2, -0.15) is 5.10 Å². The zero-order valence-corrected chi connectivity index (χ0v) is 15.5. The number of carbonyl (C=O) groups is 1. The fourth-order valence-corrected chi connectivity index (χ4v) is 2.41. The number of phenolic OH excluding ortho intramolecular Hbond substituents is 1. The van der Waals surface area contributed by atoms with Crippen LogP contribution in [-0.4, -0.2) is 30.4 Å². The number of aryl methyl sites for hydroxylation is 2. The Labute approximate surface area is 153 Å². The molecule has 0 bridgehead atoms. The third-order valence-electron chi connectivity index (χ3n) is 3.94. The Morgan fingerprint density at radius 2 is 1.88 bits per heavy atom. The zero-order valence-electron chi connectivity index (χ0n) is 15.5. The lowest BCUT2D eigenvalue weighted by molar-refractivity contribution is -0.123. The molecule has 0 spiro atoms.